The van der Waals surface area contributed by atoms with Crippen LogP contribution in [-0.4, -0.2) is 31.2 Å². The monoisotopic (exact) mass is 290 g/mol. The van der Waals surface area contributed by atoms with E-state index in [-0.39, 0.29) is 11.4 Å². The molecule has 0 aromatic heterocycles. The molecular formula is C11H18N2O3S2. The van der Waals surface area contributed by atoms with E-state index in [1.54, 1.807) is 25.3 Å². The average molecular weight is 290 g/mol. The normalized spacial score (nSPS) is 13.4. The lowest BCUT2D eigenvalue weighted by atomic mass is 10.2. The molecule has 0 fully saturated rings. The standard InChI is InChI=1S/C11H18N2O3S2/c1-9-10(12)5-3-6-11(9)18(15,16)13-7-4-8-17(2)14/h3,5-6,13H,4,7-8,12H2,1-2H3. The minimum atomic E-state index is -3.54. The molecule has 0 radical (unpaired) electrons. The van der Waals surface area contributed by atoms with Crippen LogP contribution in [0.15, 0.2) is 23.1 Å². The molecule has 1 unspecified atom stereocenters. The van der Waals surface area contributed by atoms with Gasteiger partial charge in [0.25, 0.3) is 0 Å². The molecule has 1 aromatic rings. The van der Waals surface area contributed by atoms with Crippen molar-refractivity contribution in [1.82, 2.24) is 4.72 Å². The molecule has 1 atom stereocenters. The van der Waals surface area contributed by atoms with Crippen LogP contribution in [0.25, 0.3) is 0 Å². The van der Waals surface area contributed by atoms with Gasteiger partial charge in [-0.25, -0.2) is 13.1 Å². The molecule has 1 aromatic carbocycles. The second kappa shape index (κ2) is 6.31. The molecule has 1 rings (SSSR count). The van der Waals surface area contributed by atoms with Gasteiger partial charge in [-0.3, -0.25) is 4.21 Å². The van der Waals surface area contributed by atoms with Crippen LogP contribution in [0.1, 0.15) is 12.0 Å². The van der Waals surface area contributed by atoms with Gasteiger partial charge in [0.05, 0.1) is 4.90 Å². The van der Waals surface area contributed by atoms with Crippen LogP contribution < -0.4 is 10.5 Å². The number of hydrogen-bond donors (Lipinski definition) is 2. The third kappa shape index (κ3) is 4.08. The minimum absolute atomic E-state index is 0.195. The van der Waals surface area contributed by atoms with Gasteiger partial charge in [-0.05, 0) is 31.0 Å². The fourth-order valence-electron chi connectivity index (χ4n) is 1.48. The highest BCUT2D eigenvalue weighted by molar-refractivity contribution is 7.89. The number of rotatable bonds is 6. The summed E-state index contributed by atoms with van der Waals surface area (Å²) < 4.78 is 37.4. The maximum atomic E-state index is 12.0. The Hall–Kier alpha value is -0.920. The summed E-state index contributed by atoms with van der Waals surface area (Å²) in [5.74, 6) is 0.485. The average Bonchev–Trinajstić information content (AvgIpc) is 2.28. The Morgan fingerprint density at radius 3 is 2.67 bits per heavy atom. The molecule has 18 heavy (non-hydrogen) atoms. The maximum absolute atomic E-state index is 12.0. The summed E-state index contributed by atoms with van der Waals surface area (Å²) in [5, 5.41) is 0. The number of nitrogens with two attached hydrogens (primary N) is 1. The van der Waals surface area contributed by atoms with E-state index in [4.69, 9.17) is 5.73 Å². The molecule has 0 bridgehead atoms. The Kier molecular flexibility index (Phi) is 5.30. The first-order valence-electron chi connectivity index (χ1n) is 5.49. The van der Waals surface area contributed by atoms with Crippen LogP contribution in [0.3, 0.4) is 0 Å². The van der Waals surface area contributed by atoms with E-state index >= 15 is 0 Å². The van der Waals surface area contributed by atoms with Crippen molar-refractivity contribution in [3.05, 3.63) is 23.8 Å². The first-order valence-corrected chi connectivity index (χ1v) is 8.70. The molecule has 0 aliphatic carbocycles. The summed E-state index contributed by atoms with van der Waals surface area (Å²) >= 11 is 0. The number of sulfonamides is 1. The molecule has 0 aliphatic rings. The molecule has 0 aliphatic heterocycles. The minimum Gasteiger partial charge on any atom is -0.398 e. The number of hydrogen-bond acceptors (Lipinski definition) is 4. The fourth-order valence-corrected chi connectivity index (χ4v) is 3.38. The largest absolute Gasteiger partial charge is 0.398 e. The predicted octanol–water partition coefficient (Wildman–Crippen LogP) is 0.624. The van der Waals surface area contributed by atoms with Crippen LogP contribution in [0.5, 0.6) is 0 Å². The second-order valence-corrected chi connectivity index (χ2v) is 7.29. The Morgan fingerprint density at radius 2 is 2.06 bits per heavy atom. The number of nitrogens with one attached hydrogen (secondary N) is 1. The van der Waals surface area contributed by atoms with Gasteiger partial charge < -0.3 is 5.73 Å². The van der Waals surface area contributed by atoms with Crippen LogP contribution in [-0.2, 0) is 20.8 Å². The zero-order valence-electron chi connectivity index (χ0n) is 10.5. The molecule has 102 valence electrons. The van der Waals surface area contributed by atoms with Crippen molar-refractivity contribution in [3.8, 4) is 0 Å². The quantitative estimate of drug-likeness (QED) is 0.594. The van der Waals surface area contributed by atoms with Crippen molar-refractivity contribution >= 4 is 26.5 Å². The van der Waals surface area contributed by atoms with E-state index in [9.17, 15) is 12.6 Å². The SMILES string of the molecule is Cc1c(N)cccc1S(=O)(=O)NCCCS(C)=O. The lowest BCUT2D eigenvalue weighted by Crippen LogP contribution is -2.26. The molecule has 7 heteroatoms. The highest BCUT2D eigenvalue weighted by Gasteiger charge is 2.16. The molecule has 5 nitrogen and oxygen atoms in total. The number of anilines is 1. The maximum Gasteiger partial charge on any atom is 0.240 e. The third-order valence-corrected chi connectivity index (χ3v) is 4.99. The Balaban J connectivity index is 2.75. The highest BCUT2D eigenvalue weighted by atomic mass is 32.2. The van der Waals surface area contributed by atoms with Gasteiger partial charge in [-0.15, -0.1) is 0 Å². The summed E-state index contributed by atoms with van der Waals surface area (Å²) in [6.45, 7) is 1.95. The van der Waals surface area contributed by atoms with E-state index < -0.39 is 20.8 Å². The Bertz CT molecular complexity index is 541. The van der Waals surface area contributed by atoms with Crippen LogP contribution in [0.2, 0.25) is 0 Å². The lowest BCUT2D eigenvalue weighted by molar-refractivity contribution is 0.580. The van der Waals surface area contributed by atoms with Crippen molar-refractivity contribution in [3.63, 3.8) is 0 Å². The van der Waals surface area contributed by atoms with Gasteiger partial charge in [0, 0.05) is 35.0 Å². The molecular weight excluding hydrogens is 272 g/mol. The van der Waals surface area contributed by atoms with Gasteiger partial charge in [0.15, 0.2) is 0 Å². The van der Waals surface area contributed by atoms with E-state index in [0.29, 0.717) is 23.4 Å². The Morgan fingerprint density at radius 1 is 1.39 bits per heavy atom. The number of benzene rings is 1. The molecule has 0 saturated heterocycles. The van der Waals surface area contributed by atoms with Crippen molar-refractivity contribution in [2.75, 3.05) is 24.3 Å². The van der Waals surface area contributed by atoms with Crippen molar-refractivity contribution in [2.45, 2.75) is 18.2 Å². The smallest absolute Gasteiger partial charge is 0.240 e. The summed E-state index contributed by atoms with van der Waals surface area (Å²) in [6.07, 6.45) is 2.14. The van der Waals surface area contributed by atoms with Gasteiger partial charge in [-0.1, -0.05) is 6.07 Å². The van der Waals surface area contributed by atoms with Crippen molar-refractivity contribution in [1.29, 1.82) is 0 Å². The molecule has 3 N–H and O–H groups in total. The van der Waals surface area contributed by atoms with Crippen LogP contribution in [0.4, 0.5) is 5.69 Å². The van der Waals surface area contributed by atoms with Crippen LogP contribution in [0, 0.1) is 6.92 Å². The van der Waals surface area contributed by atoms with Crippen LogP contribution >= 0.6 is 0 Å². The van der Waals surface area contributed by atoms with Crippen molar-refractivity contribution in [2.24, 2.45) is 0 Å². The topological polar surface area (TPSA) is 89.3 Å². The van der Waals surface area contributed by atoms with E-state index in [1.807, 2.05) is 0 Å². The number of nitrogen functional groups attached to an aromatic ring is 1. The van der Waals surface area contributed by atoms with Gasteiger partial charge >= 0.3 is 0 Å². The van der Waals surface area contributed by atoms with E-state index in [0.717, 1.165) is 0 Å². The zero-order valence-corrected chi connectivity index (χ0v) is 12.1. The zero-order chi connectivity index (χ0) is 13.8. The molecule has 0 heterocycles. The van der Waals surface area contributed by atoms with Gasteiger partial charge in [-0.2, -0.15) is 0 Å². The van der Waals surface area contributed by atoms with E-state index in [1.165, 1.54) is 6.07 Å². The molecule has 0 saturated carbocycles. The summed E-state index contributed by atoms with van der Waals surface area (Å²) in [7, 11) is -4.44. The van der Waals surface area contributed by atoms with Gasteiger partial charge in [0.1, 0.15) is 0 Å². The first kappa shape index (κ1) is 15.1. The molecule has 0 spiro atoms. The van der Waals surface area contributed by atoms with Crippen molar-refractivity contribution < 1.29 is 12.6 Å². The van der Waals surface area contributed by atoms with E-state index in [2.05, 4.69) is 4.72 Å². The van der Waals surface area contributed by atoms with Gasteiger partial charge in [0.2, 0.25) is 10.0 Å². The summed E-state index contributed by atoms with van der Waals surface area (Å²) in [6, 6.07) is 4.79. The summed E-state index contributed by atoms with van der Waals surface area (Å²) in [5.41, 5.74) is 6.68. The highest BCUT2D eigenvalue weighted by Crippen LogP contribution is 2.19. The summed E-state index contributed by atoms with van der Waals surface area (Å²) in [4.78, 5) is 0.195. The predicted molar refractivity (Wildman–Crippen MR) is 74.3 cm³/mol. The fraction of sp³-hybridized carbons (Fsp3) is 0.455. The Labute approximate surface area is 110 Å². The third-order valence-electron chi connectivity index (χ3n) is 2.52. The second-order valence-electron chi connectivity index (χ2n) is 4.00. The lowest BCUT2D eigenvalue weighted by Gasteiger charge is -2.10. The first-order chi connectivity index (χ1) is 8.34. The molecule has 0 amide bonds.